The first-order chi connectivity index (χ1) is 12.5. The zero-order valence-electron chi connectivity index (χ0n) is 15.2. The Morgan fingerprint density at radius 3 is 2.58 bits per heavy atom. The van der Waals surface area contributed by atoms with E-state index in [0.29, 0.717) is 23.9 Å². The molecular formula is C18H21N5O3. The average Bonchev–Trinajstić information content (AvgIpc) is 3.06. The number of carbonyl (C=O) groups is 1. The minimum absolute atomic E-state index is 0.143. The summed E-state index contributed by atoms with van der Waals surface area (Å²) in [6.07, 6.45) is 3.21. The molecule has 0 unspecified atom stereocenters. The van der Waals surface area contributed by atoms with E-state index < -0.39 is 0 Å². The van der Waals surface area contributed by atoms with Gasteiger partial charge in [-0.1, -0.05) is 0 Å². The lowest BCUT2D eigenvalue weighted by molar-refractivity contribution is 0.217. The summed E-state index contributed by atoms with van der Waals surface area (Å²) in [5.74, 6) is 1.15. The SMILES string of the molecule is COc1cnc(-c2cc3[nH]c(CNC(=O)N(C)C)cc3cc2OC)cn1. The number of nitrogens with zero attached hydrogens (tertiary/aromatic N) is 3. The predicted molar refractivity (Wildman–Crippen MR) is 98.4 cm³/mol. The summed E-state index contributed by atoms with van der Waals surface area (Å²) in [7, 11) is 6.57. The molecule has 2 heterocycles. The first-order valence-corrected chi connectivity index (χ1v) is 8.03. The molecule has 3 aromatic rings. The molecule has 1 aromatic carbocycles. The monoisotopic (exact) mass is 355 g/mol. The molecule has 8 heteroatoms. The Bertz CT molecular complexity index is 918. The molecule has 0 aliphatic rings. The van der Waals surface area contributed by atoms with Gasteiger partial charge >= 0.3 is 6.03 Å². The van der Waals surface area contributed by atoms with Gasteiger partial charge in [0.25, 0.3) is 0 Å². The number of nitrogens with one attached hydrogen (secondary N) is 2. The van der Waals surface area contributed by atoms with E-state index in [1.54, 1.807) is 40.7 Å². The van der Waals surface area contributed by atoms with Gasteiger partial charge in [-0.25, -0.2) is 14.8 Å². The molecule has 136 valence electrons. The Morgan fingerprint density at radius 1 is 1.15 bits per heavy atom. The minimum Gasteiger partial charge on any atom is -0.496 e. The van der Waals surface area contributed by atoms with Gasteiger partial charge in [0.15, 0.2) is 0 Å². The zero-order valence-corrected chi connectivity index (χ0v) is 15.2. The van der Waals surface area contributed by atoms with Crippen molar-refractivity contribution in [2.75, 3.05) is 28.3 Å². The molecule has 0 spiro atoms. The van der Waals surface area contributed by atoms with E-state index in [4.69, 9.17) is 9.47 Å². The van der Waals surface area contributed by atoms with E-state index in [9.17, 15) is 4.79 Å². The number of fused-ring (bicyclic) bond motifs is 1. The molecule has 0 fully saturated rings. The second-order valence-corrected chi connectivity index (χ2v) is 5.93. The number of aromatic amines is 1. The van der Waals surface area contributed by atoms with Gasteiger partial charge in [-0.05, 0) is 18.2 Å². The van der Waals surface area contributed by atoms with Crippen LogP contribution in [0.3, 0.4) is 0 Å². The molecular weight excluding hydrogens is 334 g/mol. The second kappa shape index (κ2) is 7.30. The largest absolute Gasteiger partial charge is 0.496 e. The molecule has 2 aromatic heterocycles. The van der Waals surface area contributed by atoms with Crippen LogP contribution in [-0.4, -0.2) is 54.2 Å². The van der Waals surface area contributed by atoms with E-state index in [-0.39, 0.29) is 6.03 Å². The van der Waals surface area contributed by atoms with Crippen LogP contribution in [-0.2, 0) is 6.54 Å². The Hall–Kier alpha value is -3.29. The Morgan fingerprint density at radius 2 is 1.96 bits per heavy atom. The van der Waals surface area contributed by atoms with Crippen molar-refractivity contribution in [2.45, 2.75) is 6.54 Å². The highest BCUT2D eigenvalue weighted by Crippen LogP contribution is 2.33. The van der Waals surface area contributed by atoms with E-state index in [2.05, 4.69) is 20.3 Å². The van der Waals surface area contributed by atoms with Gasteiger partial charge in [0.05, 0.1) is 38.9 Å². The van der Waals surface area contributed by atoms with Crippen LogP contribution in [0.2, 0.25) is 0 Å². The highest BCUT2D eigenvalue weighted by molar-refractivity contribution is 5.88. The summed E-state index contributed by atoms with van der Waals surface area (Å²) in [4.78, 5) is 25.1. The fraction of sp³-hybridized carbons (Fsp3) is 0.278. The molecule has 0 saturated carbocycles. The van der Waals surface area contributed by atoms with Crippen LogP contribution in [0.25, 0.3) is 22.2 Å². The maximum absolute atomic E-state index is 11.7. The summed E-state index contributed by atoms with van der Waals surface area (Å²) in [6.45, 7) is 0.408. The van der Waals surface area contributed by atoms with Crippen molar-refractivity contribution in [3.63, 3.8) is 0 Å². The number of rotatable bonds is 5. The van der Waals surface area contributed by atoms with Crippen LogP contribution in [0, 0.1) is 0 Å². The van der Waals surface area contributed by atoms with Crippen molar-refractivity contribution >= 4 is 16.9 Å². The van der Waals surface area contributed by atoms with Crippen molar-refractivity contribution in [1.82, 2.24) is 25.2 Å². The van der Waals surface area contributed by atoms with Gasteiger partial charge in [0.1, 0.15) is 5.75 Å². The van der Waals surface area contributed by atoms with Crippen LogP contribution >= 0.6 is 0 Å². The van der Waals surface area contributed by atoms with Crippen molar-refractivity contribution in [3.8, 4) is 22.9 Å². The summed E-state index contributed by atoms with van der Waals surface area (Å²) >= 11 is 0. The number of urea groups is 1. The number of benzene rings is 1. The molecule has 0 bridgehead atoms. The topological polar surface area (TPSA) is 92.4 Å². The molecule has 3 rings (SSSR count). The maximum Gasteiger partial charge on any atom is 0.317 e. The van der Waals surface area contributed by atoms with Gasteiger partial charge in [-0.3, -0.25) is 0 Å². The van der Waals surface area contributed by atoms with Crippen LogP contribution in [0.1, 0.15) is 5.69 Å². The zero-order chi connectivity index (χ0) is 18.7. The lowest BCUT2D eigenvalue weighted by atomic mass is 10.1. The smallest absolute Gasteiger partial charge is 0.317 e. The van der Waals surface area contributed by atoms with Crippen molar-refractivity contribution in [1.29, 1.82) is 0 Å². The number of methoxy groups -OCH3 is 2. The second-order valence-electron chi connectivity index (χ2n) is 5.93. The molecule has 0 radical (unpaired) electrons. The summed E-state index contributed by atoms with van der Waals surface area (Å²) in [5, 5.41) is 3.82. The Labute approximate surface area is 151 Å². The number of aromatic nitrogens is 3. The first-order valence-electron chi connectivity index (χ1n) is 8.03. The van der Waals surface area contributed by atoms with Crippen molar-refractivity contribution < 1.29 is 14.3 Å². The number of H-pyrrole nitrogens is 1. The third-order valence-corrected chi connectivity index (χ3v) is 3.95. The van der Waals surface area contributed by atoms with Crippen molar-refractivity contribution in [2.24, 2.45) is 0 Å². The highest BCUT2D eigenvalue weighted by atomic mass is 16.5. The fourth-order valence-corrected chi connectivity index (χ4v) is 2.57. The molecule has 8 nitrogen and oxygen atoms in total. The molecule has 0 saturated heterocycles. The van der Waals surface area contributed by atoms with Gasteiger partial charge in [-0.2, -0.15) is 0 Å². The van der Waals surface area contributed by atoms with Gasteiger partial charge in [0, 0.05) is 36.3 Å². The maximum atomic E-state index is 11.7. The van der Waals surface area contributed by atoms with Crippen LogP contribution in [0.15, 0.2) is 30.6 Å². The minimum atomic E-state index is -0.143. The predicted octanol–water partition coefficient (Wildman–Crippen LogP) is 2.41. The Kier molecular flexibility index (Phi) is 4.92. The van der Waals surface area contributed by atoms with Crippen LogP contribution in [0.5, 0.6) is 11.6 Å². The third kappa shape index (κ3) is 3.53. The van der Waals surface area contributed by atoms with Crippen LogP contribution < -0.4 is 14.8 Å². The first kappa shape index (κ1) is 17.5. The van der Waals surface area contributed by atoms with Gasteiger partial charge in [-0.15, -0.1) is 0 Å². The number of hydrogen-bond donors (Lipinski definition) is 2. The molecule has 2 N–H and O–H groups in total. The molecule has 2 amide bonds. The van der Waals surface area contributed by atoms with Crippen LogP contribution in [0.4, 0.5) is 4.79 Å². The molecule has 0 atom stereocenters. The van der Waals surface area contributed by atoms with Gasteiger partial charge in [0.2, 0.25) is 5.88 Å². The van der Waals surface area contributed by atoms with E-state index in [1.165, 1.54) is 4.90 Å². The van der Waals surface area contributed by atoms with Gasteiger partial charge < -0.3 is 24.7 Å². The average molecular weight is 355 g/mol. The quantitative estimate of drug-likeness (QED) is 0.733. The number of carbonyl (C=O) groups excluding carboxylic acids is 1. The Balaban J connectivity index is 1.93. The standard InChI is InChI=1S/C18H21N5O3/c1-23(2)18(24)21-8-12-5-11-6-16(25-3)13(7-14(11)22-12)15-9-20-17(26-4)10-19-15/h5-7,9-10,22H,8H2,1-4H3,(H,21,24). The third-order valence-electron chi connectivity index (χ3n) is 3.95. The highest BCUT2D eigenvalue weighted by Gasteiger charge is 2.12. The number of ether oxygens (including phenoxy) is 2. The molecule has 26 heavy (non-hydrogen) atoms. The summed E-state index contributed by atoms with van der Waals surface area (Å²) in [5.41, 5.74) is 3.32. The molecule has 0 aliphatic heterocycles. The van der Waals surface area contributed by atoms with E-state index >= 15 is 0 Å². The molecule has 0 aliphatic carbocycles. The lowest BCUT2D eigenvalue weighted by Crippen LogP contribution is -2.33. The summed E-state index contributed by atoms with van der Waals surface area (Å²) < 4.78 is 10.6. The number of hydrogen-bond acceptors (Lipinski definition) is 5. The van der Waals surface area contributed by atoms with Crippen molar-refractivity contribution in [3.05, 3.63) is 36.3 Å². The van der Waals surface area contributed by atoms with E-state index in [0.717, 1.165) is 22.2 Å². The summed E-state index contributed by atoms with van der Waals surface area (Å²) in [6, 6.07) is 5.74. The lowest BCUT2D eigenvalue weighted by Gasteiger charge is -2.10. The normalized spacial score (nSPS) is 10.6. The van der Waals surface area contributed by atoms with E-state index in [1.807, 2.05) is 18.2 Å². The number of amides is 2. The fourth-order valence-electron chi connectivity index (χ4n) is 2.57.